The maximum atomic E-state index is 13.4. The number of rotatable bonds is 3. The molecule has 1 heterocycles. The summed E-state index contributed by atoms with van der Waals surface area (Å²) in [5.41, 5.74) is 0.153. The molecule has 0 fully saturated rings. The second-order valence-electron chi connectivity index (χ2n) is 3.16. The third-order valence-corrected chi connectivity index (χ3v) is 2.91. The maximum Gasteiger partial charge on any atom is 0.150 e. The summed E-state index contributed by atoms with van der Waals surface area (Å²) < 4.78 is 26.4. The van der Waals surface area contributed by atoms with Crippen molar-refractivity contribution in [3.8, 4) is 10.6 Å². The summed E-state index contributed by atoms with van der Waals surface area (Å²) in [5.74, 6) is -0.977. The van der Waals surface area contributed by atoms with Crippen LogP contribution in [0, 0.1) is 11.6 Å². The molecule has 0 saturated heterocycles. The van der Waals surface area contributed by atoms with Crippen LogP contribution in [0.3, 0.4) is 0 Å². The molecule has 0 amide bonds. The summed E-state index contributed by atoms with van der Waals surface area (Å²) in [4.78, 5) is 0. The Morgan fingerprint density at radius 2 is 2.12 bits per heavy atom. The third-order valence-electron chi connectivity index (χ3n) is 1.95. The van der Waals surface area contributed by atoms with E-state index in [1.165, 1.54) is 11.3 Å². The van der Waals surface area contributed by atoms with Crippen molar-refractivity contribution < 1.29 is 8.78 Å². The maximum absolute atomic E-state index is 13.4. The van der Waals surface area contributed by atoms with Gasteiger partial charge in [0.1, 0.15) is 16.6 Å². The Labute approximate surface area is 95.1 Å². The topological polar surface area (TPSA) is 37.8 Å². The zero-order valence-corrected chi connectivity index (χ0v) is 9.31. The minimum atomic E-state index is -0.492. The first kappa shape index (κ1) is 11.1. The first-order valence-electron chi connectivity index (χ1n) is 4.63. The van der Waals surface area contributed by atoms with Crippen LogP contribution in [0.1, 0.15) is 5.01 Å². The van der Waals surface area contributed by atoms with Crippen molar-refractivity contribution in [2.75, 3.05) is 7.05 Å². The van der Waals surface area contributed by atoms with E-state index in [0.29, 0.717) is 11.6 Å². The average Bonchev–Trinajstić information content (AvgIpc) is 2.71. The quantitative estimate of drug-likeness (QED) is 0.895. The van der Waals surface area contributed by atoms with Gasteiger partial charge in [-0.25, -0.2) is 8.78 Å². The molecule has 0 aliphatic carbocycles. The van der Waals surface area contributed by atoms with Crippen LogP contribution in [0.5, 0.6) is 0 Å². The molecule has 2 rings (SSSR count). The molecule has 16 heavy (non-hydrogen) atoms. The number of nitrogens with one attached hydrogen (secondary N) is 1. The van der Waals surface area contributed by atoms with E-state index in [1.807, 2.05) is 0 Å². The number of hydrogen-bond donors (Lipinski definition) is 1. The predicted molar refractivity (Wildman–Crippen MR) is 58.0 cm³/mol. The molecule has 2 aromatic rings. The van der Waals surface area contributed by atoms with Crippen molar-refractivity contribution in [3.05, 3.63) is 34.8 Å². The molecule has 0 spiro atoms. The molecule has 0 saturated carbocycles. The zero-order valence-electron chi connectivity index (χ0n) is 8.50. The largest absolute Gasteiger partial charge is 0.313 e. The highest BCUT2D eigenvalue weighted by Gasteiger charge is 2.11. The first-order chi connectivity index (χ1) is 7.70. The van der Waals surface area contributed by atoms with Crippen LogP contribution in [-0.2, 0) is 6.54 Å². The molecule has 1 N–H and O–H groups in total. The molecule has 0 aliphatic heterocycles. The van der Waals surface area contributed by atoms with E-state index in [2.05, 4.69) is 15.5 Å². The van der Waals surface area contributed by atoms with Crippen LogP contribution in [-0.4, -0.2) is 17.2 Å². The number of halogens is 2. The van der Waals surface area contributed by atoms with Gasteiger partial charge in [0, 0.05) is 6.54 Å². The SMILES string of the molecule is CNCc1nnc(-c2cc(F)ccc2F)s1. The van der Waals surface area contributed by atoms with E-state index >= 15 is 0 Å². The van der Waals surface area contributed by atoms with Gasteiger partial charge in [0.25, 0.3) is 0 Å². The highest BCUT2D eigenvalue weighted by Crippen LogP contribution is 2.26. The molecule has 1 aromatic heterocycles. The fourth-order valence-electron chi connectivity index (χ4n) is 1.25. The minimum absolute atomic E-state index is 0.153. The van der Waals surface area contributed by atoms with Crippen molar-refractivity contribution >= 4 is 11.3 Å². The van der Waals surface area contributed by atoms with E-state index in [0.717, 1.165) is 23.2 Å². The van der Waals surface area contributed by atoms with Gasteiger partial charge in [0.2, 0.25) is 0 Å². The summed E-state index contributed by atoms with van der Waals surface area (Å²) in [6.45, 7) is 0.564. The van der Waals surface area contributed by atoms with Crippen molar-refractivity contribution in [2.45, 2.75) is 6.54 Å². The molecule has 0 bridgehead atoms. The highest BCUT2D eigenvalue weighted by atomic mass is 32.1. The smallest absolute Gasteiger partial charge is 0.150 e. The van der Waals surface area contributed by atoms with Crippen LogP contribution in [0.4, 0.5) is 8.78 Å². The number of benzene rings is 1. The van der Waals surface area contributed by atoms with Crippen LogP contribution >= 0.6 is 11.3 Å². The monoisotopic (exact) mass is 241 g/mol. The van der Waals surface area contributed by atoms with Crippen molar-refractivity contribution in [1.29, 1.82) is 0 Å². The molecular weight excluding hydrogens is 232 g/mol. The third kappa shape index (κ3) is 2.23. The predicted octanol–water partition coefficient (Wildman–Crippen LogP) is 2.20. The molecular formula is C10H9F2N3S. The Morgan fingerprint density at radius 1 is 1.31 bits per heavy atom. The Hall–Kier alpha value is -1.40. The van der Waals surface area contributed by atoms with E-state index in [9.17, 15) is 8.78 Å². The summed E-state index contributed by atoms with van der Waals surface area (Å²) in [5, 5.41) is 11.7. The lowest BCUT2D eigenvalue weighted by Gasteiger charge is -1.97. The van der Waals surface area contributed by atoms with Crippen LogP contribution < -0.4 is 5.32 Å². The van der Waals surface area contributed by atoms with Gasteiger partial charge in [-0.15, -0.1) is 10.2 Å². The lowest BCUT2D eigenvalue weighted by molar-refractivity contribution is 0.603. The molecule has 84 valence electrons. The Balaban J connectivity index is 2.38. The fourth-order valence-corrected chi connectivity index (χ4v) is 2.12. The van der Waals surface area contributed by atoms with Gasteiger partial charge in [-0.3, -0.25) is 0 Å². The van der Waals surface area contributed by atoms with E-state index in [4.69, 9.17) is 0 Å². The highest BCUT2D eigenvalue weighted by molar-refractivity contribution is 7.14. The van der Waals surface area contributed by atoms with Gasteiger partial charge in [-0.2, -0.15) is 0 Å². The minimum Gasteiger partial charge on any atom is -0.313 e. The zero-order chi connectivity index (χ0) is 11.5. The van der Waals surface area contributed by atoms with E-state index < -0.39 is 11.6 Å². The Bertz CT molecular complexity index is 499. The average molecular weight is 241 g/mol. The molecule has 0 unspecified atom stereocenters. The van der Waals surface area contributed by atoms with E-state index in [1.54, 1.807) is 7.05 Å². The van der Waals surface area contributed by atoms with Gasteiger partial charge in [-0.1, -0.05) is 11.3 Å². The number of hydrogen-bond acceptors (Lipinski definition) is 4. The molecule has 6 heteroatoms. The van der Waals surface area contributed by atoms with Gasteiger partial charge in [-0.05, 0) is 25.2 Å². The van der Waals surface area contributed by atoms with E-state index in [-0.39, 0.29) is 5.56 Å². The lowest BCUT2D eigenvalue weighted by atomic mass is 10.2. The summed E-state index contributed by atoms with van der Waals surface area (Å²) in [7, 11) is 1.78. The van der Waals surface area contributed by atoms with Crippen LogP contribution in [0.2, 0.25) is 0 Å². The van der Waals surface area contributed by atoms with Crippen molar-refractivity contribution in [1.82, 2.24) is 15.5 Å². The number of aromatic nitrogens is 2. The van der Waals surface area contributed by atoms with Crippen molar-refractivity contribution in [3.63, 3.8) is 0 Å². The van der Waals surface area contributed by atoms with Gasteiger partial charge >= 0.3 is 0 Å². The second kappa shape index (κ2) is 4.63. The Kier molecular flexibility index (Phi) is 3.21. The normalized spacial score (nSPS) is 10.7. The summed E-state index contributed by atoms with van der Waals surface area (Å²) in [6, 6.07) is 3.29. The molecule has 0 radical (unpaired) electrons. The van der Waals surface area contributed by atoms with Crippen LogP contribution in [0.15, 0.2) is 18.2 Å². The van der Waals surface area contributed by atoms with Gasteiger partial charge in [0.15, 0.2) is 5.01 Å². The van der Waals surface area contributed by atoms with Gasteiger partial charge in [0.05, 0.1) is 5.56 Å². The van der Waals surface area contributed by atoms with Gasteiger partial charge < -0.3 is 5.32 Å². The standard InChI is InChI=1S/C10H9F2N3S/c1-13-5-9-14-15-10(16-9)7-4-6(11)2-3-8(7)12/h2-4,13H,5H2,1H3. The summed E-state index contributed by atoms with van der Waals surface area (Å²) in [6.07, 6.45) is 0. The molecule has 0 atom stereocenters. The molecule has 3 nitrogen and oxygen atoms in total. The second-order valence-corrected chi connectivity index (χ2v) is 4.22. The van der Waals surface area contributed by atoms with Crippen molar-refractivity contribution in [2.24, 2.45) is 0 Å². The molecule has 1 aromatic carbocycles. The lowest BCUT2D eigenvalue weighted by Crippen LogP contribution is -2.04. The van der Waals surface area contributed by atoms with Crippen LogP contribution in [0.25, 0.3) is 10.6 Å². The first-order valence-corrected chi connectivity index (χ1v) is 5.45. The molecule has 0 aliphatic rings. The fraction of sp³-hybridized carbons (Fsp3) is 0.200. The summed E-state index contributed by atoms with van der Waals surface area (Å²) >= 11 is 1.24. The Morgan fingerprint density at radius 3 is 2.88 bits per heavy atom. The number of nitrogens with zero attached hydrogens (tertiary/aromatic N) is 2.